The first kappa shape index (κ1) is 22.1. The van der Waals surface area contributed by atoms with E-state index in [1.807, 2.05) is 38.1 Å². The molecule has 0 saturated heterocycles. The number of hydrogen-bond acceptors (Lipinski definition) is 5. The fourth-order valence-electron chi connectivity index (χ4n) is 2.75. The molecular formula is C20H26N2O4S2. The zero-order valence-corrected chi connectivity index (χ0v) is 18.1. The van der Waals surface area contributed by atoms with Crippen molar-refractivity contribution in [3.05, 3.63) is 48.5 Å². The number of rotatable bonds is 9. The Morgan fingerprint density at radius 1 is 1.14 bits per heavy atom. The van der Waals surface area contributed by atoms with Crippen molar-refractivity contribution in [3.8, 4) is 5.75 Å². The van der Waals surface area contributed by atoms with E-state index >= 15 is 0 Å². The summed E-state index contributed by atoms with van der Waals surface area (Å²) in [5, 5.41) is 2.86. The average molecular weight is 423 g/mol. The van der Waals surface area contributed by atoms with E-state index < -0.39 is 22.0 Å². The number of carbonyl (C=O) groups excluding carboxylic acids is 1. The summed E-state index contributed by atoms with van der Waals surface area (Å²) < 4.78 is 31.4. The molecule has 0 aromatic heterocycles. The van der Waals surface area contributed by atoms with E-state index in [9.17, 15) is 13.2 Å². The molecule has 0 radical (unpaired) electrons. The molecule has 0 saturated carbocycles. The summed E-state index contributed by atoms with van der Waals surface area (Å²) in [6.45, 7) is 5.99. The van der Waals surface area contributed by atoms with Gasteiger partial charge in [-0.05, 0) is 56.0 Å². The molecule has 0 bridgehead atoms. The smallest absolute Gasteiger partial charge is 0.248 e. The van der Waals surface area contributed by atoms with Crippen LogP contribution in [0.15, 0.2) is 53.4 Å². The van der Waals surface area contributed by atoms with Gasteiger partial charge >= 0.3 is 0 Å². The summed E-state index contributed by atoms with van der Waals surface area (Å²) in [4.78, 5) is 13.8. The molecule has 0 unspecified atom stereocenters. The number of ether oxygens (including phenoxy) is 1. The third kappa shape index (κ3) is 5.65. The van der Waals surface area contributed by atoms with Crippen LogP contribution in [-0.2, 0) is 14.8 Å². The number of benzene rings is 2. The highest BCUT2D eigenvalue weighted by Crippen LogP contribution is 2.28. The zero-order valence-electron chi connectivity index (χ0n) is 16.5. The van der Waals surface area contributed by atoms with Gasteiger partial charge in [-0.15, -0.1) is 11.8 Å². The predicted molar refractivity (Wildman–Crippen MR) is 116 cm³/mol. The molecule has 2 rings (SSSR count). The van der Waals surface area contributed by atoms with E-state index in [4.69, 9.17) is 4.74 Å². The molecule has 1 atom stereocenters. The fourth-order valence-corrected chi connectivity index (χ4v) is 4.69. The third-order valence-electron chi connectivity index (χ3n) is 3.94. The number of sulfonamides is 1. The Kier molecular flexibility index (Phi) is 7.77. The maximum absolute atomic E-state index is 12.8. The topological polar surface area (TPSA) is 75.7 Å². The lowest BCUT2D eigenvalue weighted by Crippen LogP contribution is -2.45. The number of hydrogen-bond donors (Lipinski definition) is 1. The lowest BCUT2D eigenvalue weighted by Gasteiger charge is -2.28. The van der Waals surface area contributed by atoms with Crippen molar-refractivity contribution < 1.29 is 17.9 Å². The predicted octanol–water partition coefficient (Wildman–Crippen LogP) is 3.99. The van der Waals surface area contributed by atoms with Crippen LogP contribution in [-0.4, -0.2) is 39.0 Å². The number of nitrogens with zero attached hydrogens (tertiary/aromatic N) is 1. The van der Waals surface area contributed by atoms with Gasteiger partial charge in [-0.3, -0.25) is 9.10 Å². The maximum atomic E-state index is 12.8. The van der Waals surface area contributed by atoms with Crippen LogP contribution in [0.3, 0.4) is 0 Å². The Morgan fingerprint density at radius 2 is 1.79 bits per heavy atom. The van der Waals surface area contributed by atoms with Crippen LogP contribution in [0.25, 0.3) is 0 Å². The Labute approximate surface area is 171 Å². The van der Waals surface area contributed by atoms with Crippen LogP contribution in [0.5, 0.6) is 5.75 Å². The van der Waals surface area contributed by atoms with E-state index in [0.29, 0.717) is 23.7 Å². The number of amides is 1. The first-order valence-electron chi connectivity index (χ1n) is 9.02. The second-order valence-electron chi connectivity index (χ2n) is 6.08. The van der Waals surface area contributed by atoms with E-state index in [1.54, 1.807) is 43.0 Å². The van der Waals surface area contributed by atoms with Gasteiger partial charge in [-0.25, -0.2) is 8.42 Å². The first-order valence-corrected chi connectivity index (χ1v) is 11.9. The summed E-state index contributed by atoms with van der Waals surface area (Å²) >= 11 is 1.61. The van der Waals surface area contributed by atoms with Crippen molar-refractivity contribution in [1.29, 1.82) is 0 Å². The molecular weight excluding hydrogens is 396 g/mol. The van der Waals surface area contributed by atoms with Crippen LogP contribution < -0.4 is 14.4 Å². The SMILES string of the molecule is CCOc1ccc(N([C@@H](C)C(=O)Nc2ccccc2SCC)S(C)(=O)=O)cc1. The molecule has 152 valence electrons. The Hall–Kier alpha value is -2.19. The Morgan fingerprint density at radius 3 is 2.36 bits per heavy atom. The first-order chi connectivity index (χ1) is 13.3. The molecule has 1 amide bonds. The van der Waals surface area contributed by atoms with Crippen LogP contribution in [0.2, 0.25) is 0 Å². The third-order valence-corrected chi connectivity index (χ3v) is 6.13. The van der Waals surface area contributed by atoms with Gasteiger partial charge in [-0.2, -0.15) is 0 Å². The van der Waals surface area contributed by atoms with Crippen molar-refractivity contribution in [2.24, 2.45) is 0 Å². The largest absolute Gasteiger partial charge is 0.494 e. The van der Waals surface area contributed by atoms with Crippen LogP contribution in [0.1, 0.15) is 20.8 Å². The normalized spacial score (nSPS) is 12.3. The summed E-state index contributed by atoms with van der Waals surface area (Å²) in [6, 6.07) is 13.2. The van der Waals surface area contributed by atoms with Crippen molar-refractivity contribution in [3.63, 3.8) is 0 Å². The van der Waals surface area contributed by atoms with Gasteiger partial charge in [0.1, 0.15) is 11.8 Å². The molecule has 0 aliphatic carbocycles. The molecule has 0 aliphatic heterocycles. The molecule has 28 heavy (non-hydrogen) atoms. The number of carbonyl (C=O) groups is 1. The van der Waals surface area contributed by atoms with Crippen molar-refractivity contribution in [2.45, 2.75) is 31.7 Å². The van der Waals surface area contributed by atoms with Gasteiger partial charge in [0.15, 0.2) is 0 Å². The fraction of sp³-hybridized carbons (Fsp3) is 0.350. The molecule has 8 heteroatoms. The molecule has 6 nitrogen and oxygen atoms in total. The Bertz CT molecular complexity index is 899. The number of nitrogens with one attached hydrogen (secondary N) is 1. The quantitative estimate of drug-likeness (QED) is 0.619. The Balaban J connectivity index is 2.28. The highest BCUT2D eigenvalue weighted by Gasteiger charge is 2.29. The van der Waals surface area contributed by atoms with E-state index in [-0.39, 0.29) is 0 Å². The van der Waals surface area contributed by atoms with Gasteiger partial charge in [0.05, 0.1) is 24.2 Å². The van der Waals surface area contributed by atoms with E-state index in [2.05, 4.69) is 5.32 Å². The second kappa shape index (κ2) is 9.84. The van der Waals surface area contributed by atoms with Gasteiger partial charge in [0.2, 0.25) is 15.9 Å². The maximum Gasteiger partial charge on any atom is 0.248 e. The molecule has 0 fully saturated rings. The van der Waals surface area contributed by atoms with E-state index in [1.165, 1.54) is 0 Å². The zero-order chi connectivity index (χ0) is 20.7. The lowest BCUT2D eigenvalue weighted by atomic mass is 10.2. The van der Waals surface area contributed by atoms with Crippen LogP contribution in [0.4, 0.5) is 11.4 Å². The number of anilines is 2. The molecule has 0 aliphatic rings. The van der Waals surface area contributed by atoms with Crippen molar-refractivity contribution >= 4 is 39.1 Å². The minimum atomic E-state index is -3.67. The minimum Gasteiger partial charge on any atom is -0.494 e. The monoisotopic (exact) mass is 422 g/mol. The number of thioether (sulfide) groups is 1. The highest BCUT2D eigenvalue weighted by atomic mass is 32.2. The molecule has 0 heterocycles. The second-order valence-corrected chi connectivity index (χ2v) is 9.25. The summed E-state index contributed by atoms with van der Waals surface area (Å²) in [6.07, 6.45) is 1.09. The van der Waals surface area contributed by atoms with Crippen LogP contribution in [0, 0.1) is 0 Å². The summed E-state index contributed by atoms with van der Waals surface area (Å²) in [5.41, 5.74) is 1.08. The van der Waals surface area contributed by atoms with Crippen molar-refractivity contribution in [2.75, 3.05) is 28.2 Å². The lowest BCUT2D eigenvalue weighted by molar-refractivity contribution is -0.116. The van der Waals surface area contributed by atoms with Crippen molar-refractivity contribution in [1.82, 2.24) is 0 Å². The standard InChI is InChI=1S/C20H26N2O4S2/c1-5-26-17-13-11-16(12-14-17)22(28(4,24)25)15(3)20(23)21-18-9-7-8-10-19(18)27-6-2/h7-15H,5-6H2,1-4H3,(H,21,23)/t15-/m0/s1. The highest BCUT2D eigenvalue weighted by molar-refractivity contribution is 7.99. The summed E-state index contributed by atoms with van der Waals surface area (Å²) in [7, 11) is -3.67. The van der Waals surface area contributed by atoms with Gasteiger partial charge < -0.3 is 10.1 Å². The molecule has 2 aromatic carbocycles. The van der Waals surface area contributed by atoms with Gasteiger partial charge in [0.25, 0.3) is 0 Å². The minimum absolute atomic E-state index is 0.400. The molecule has 1 N–H and O–H groups in total. The summed E-state index contributed by atoms with van der Waals surface area (Å²) in [5.74, 6) is 1.11. The number of para-hydroxylation sites is 1. The molecule has 0 spiro atoms. The van der Waals surface area contributed by atoms with Gasteiger partial charge in [-0.1, -0.05) is 19.1 Å². The average Bonchev–Trinajstić information content (AvgIpc) is 2.64. The molecule has 2 aromatic rings. The van der Waals surface area contributed by atoms with E-state index in [0.717, 1.165) is 21.2 Å². The van der Waals surface area contributed by atoms with Gasteiger partial charge in [0, 0.05) is 4.90 Å². The van der Waals surface area contributed by atoms with Crippen LogP contribution >= 0.6 is 11.8 Å².